The molecule has 2 atom stereocenters. The molecule has 1 saturated heterocycles. The predicted molar refractivity (Wildman–Crippen MR) is 144 cm³/mol. The van der Waals surface area contributed by atoms with Crippen molar-refractivity contribution in [2.75, 3.05) is 6.54 Å². The molecule has 2 aliphatic heterocycles. The number of nitrogens with zero attached hydrogens (tertiary/aromatic N) is 3. The van der Waals surface area contributed by atoms with Crippen molar-refractivity contribution in [1.82, 2.24) is 9.47 Å². The molecule has 0 N–H and O–H groups in total. The van der Waals surface area contributed by atoms with Crippen LogP contribution in [0.2, 0.25) is 0 Å². The topological polar surface area (TPSA) is 63.9 Å². The average molecular weight is 572 g/mol. The minimum absolute atomic E-state index is 0.0886. The maximum absolute atomic E-state index is 13.7. The van der Waals surface area contributed by atoms with Gasteiger partial charge >= 0.3 is 0 Å². The van der Waals surface area contributed by atoms with Crippen molar-refractivity contribution < 1.29 is 18.7 Å². The van der Waals surface area contributed by atoms with Crippen LogP contribution in [-0.4, -0.2) is 33.9 Å². The Hall–Kier alpha value is -3.88. The third-order valence-electron chi connectivity index (χ3n) is 6.89. The van der Waals surface area contributed by atoms with E-state index in [1.54, 1.807) is 24.0 Å². The Bertz CT molecular complexity index is 1680. The highest BCUT2D eigenvalue weighted by Gasteiger charge is 2.40. The largest absolute Gasteiger partial charge is 0.341 e. The first-order valence-corrected chi connectivity index (χ1v) is 13.1. The molecule has 0 radical (unpaired) electrons. The molecule has 0 saturated carbocycles. The highest BCUT2D eigenvalue weighted by molar-refractivity contribution is 9.10. The predicted octanol–water partition coefficient (Wildman–Crippen LogP) is 4.47. The summed E-state index contributed by atoms with van der Waals surface area (Å²) >= 11 is 3.48. The summed E-state index contributed by atoms with van der Waals surface area (Å²) in [4.78, 5) is 30.6. The molecule has 8 heteroatoms. The number of halogens is 2. The van der Waals surface area contributed by atoms with Gasteiger partial charge in [0.1, 0.15) is 11.9 Å². The zero-order valence-corrected chi connectivity index (χ0v) is 22.1. The van der Waals surface area contributed by atoms with Gasteiger partial charge < -0.3 is 14.2 Å². The van der Waals surface area contributed by atoms with Gasteiger partial charge in [0.25, 0.3) is 11.8 Å². The number of amides is 2. The molecular formula is C30H23BrFN3O3. The quantitative estimate of drug-likeness (QED) is 0.343. The molecule has 3 aromatic carbocycles. The van der Waals surface area contributed by atoms with Crippen molar-refractivity contribution in [3.05, 3.63) is 111 Å². The van der Waals surface area contributed by atoms with Gasteiger partial charge in [0, 0.05) is 51.5 Å². The van der Waals surface area contributed by atoms with Gasteiger partial charge in [-0.1, -0.05) is 34.1 Å². The van der Waals surface area contributed by atoms with E-state index in [1.807, 2.05) is 59.4 Å². The van der Waals surface area contributed by atoms with E-state index in [-0.39, 0.29) is 17.6 Å². The number of hydrogen-bond donors (Lipinski definition) is 0. The molecule has 2 aliphatic rings. The fraction of sp³-hybridized carbons (Fsp3) is 0.167. The number of ether oxygens (including phenoxy) is 1. The Morgan fingerprint density at radius 3 is 2.53 bits per heavy atom. The summed E-state index contributed by atoms with van der Waals surface area (Å²) in [7, 11) is 0. The minimum Gasteiger partial charge on any atom is -0.341 e. The maximum atomic E-state index is 13.7. The van der Waals surface area contributed by atoms with Gasteiger partial charge in [-0.05, 0) is 73.0 Å². The second-order valence-electron chi connectivity index (χ2n) is 9.42. The van der Waals surface area contributed by atoms with Gasteiger partial charge in [0.15, 0.2) is 6.23 Å². The smallest absolute Gasteiger partial charge is 0.270 e. The molecule has 1 aromatic heterocycles. The summed E-state index contributed by atoms with van der Waals surface area (Å²) in [5.41, 5.74) is 4.46. The lowest BCUT2D eigenvalue weighted by Crippen LogP contribution is -2.32. The van der Waals surface area contributed by atoms with E-state index in [0.29, 0.717) is 18.3 Å². The number of aromatic nitrogens is 1. The summed E-state index contributed by atoms with van der Waals surface area (Å²) in [6.45, 7) is 2.19. The number of rotatable bonds is 6. The van der Waals surface area contributed by atoms with Crippen LogP contribution in [0.25, 0.3) is 22.9 Å². The van der Waals surface area contributed by atoms with Gasteiger partial charge in [-0.25, -0.2) is 9.38 Å². The van der Waals surface area contributed by atoms with E-state index in [0.717, 1.165) is 37.6 Å². The highest BCUT2D eigenvalue weighted by Crippen LogP contribution is 2.38. The third-order valence-corrected chi connectivity index (χ3v) is 7.42. The lowest BCUT2D eigenvalue weighted by Gasteiger charge is -2.24. The van der Waals surface area contributed by atoms with E-state index < -0.39 is 12.3 Å². The van der Waals surface area contributed by atoms with E-state index in [1.165, 1.54) is 18.2 Å². The fourth-order valence-electron chi connectivity index (χ4n) is 4.95. The van der Waals surface area contributed by atoms with Crippen LogP contribution in [0.5, 0.6) is 0 Å². The molecule has 2 amide bonds. The highest BCUT2D eigenvalue weighted by atomic mass is 79.9. The van der Waals surface area contributed by atoms with Gasteiger partial charge in [-0.3, -0.25) is 9.59 Å². The second kappa shape index (κ2) is 9.78. The lowest BCUT2D eigenvalue weighted by atomic mass is 10.0. The van der Waals surface area contributed by atoms with Crippen LogP contribution in [0, 0.1) is 5.82 Å². The number of fused-ring (bicyclic) bond motifs is 1. The van der Waals surface area contributed by atoms with Gasteiger partial charge in [0.05, 0.1) is 5.36 Å². The molecule has 3 heterocycles. The molecule has 1 fully saturated rings. The zero-order valence-electron chi connectivity index (χ0n) is 20.5. The minimum atomic E-state index is -0.605. The van der Waals surface area contributed by atoms with E-state index in [9.17, 15) is 14.0 Å². The SMILES string of the molecule is CC1O[C@H](c2cn(-c3ccc(Br)cc3)cc2-c2ccc(F)cc2)N(CCc2ccc3c(c2)=CC(=O)N=3)C1=O. The normalized spacial score (nSPS) is 18.4. The van der Waals surface area contributed by atoms with Crippen molar-refractivity contribution in [2.45, 2.75) is 25.7 Å². The van der Waals surface area contributed by atoms with E-state index >= 15 is 0 Å². The summed E-state index contributed by atoms with van der Waals surface area (Å²) in [6, 6.07) is 19.9. The van der Waals surface area contributed by atoms with Crippen LogP contribution in [0.3, 0.4) is 0 Å². The molecule has 0 bridgehead atoms. The Morgan fingerprint density at radius 1 is 1.00 bits per heavy atom. The Balaban J connectivity index is 1.36. The Kier molecular flexibility index (Phi) is 6.29. The van der Waals surface area contributed by atoms with Gasteiger partial charge in [0.2, 0.25) is 0 Å². The summed E-state index contributed by atoms with van der Waals surface area (Å²) in [6.07, 6.45) is 4.87. The standard InChI is InChI=1S/C30H23BrFN3O3/c1-18-29(37)35(13-12-19-2-11-27-21(14-19)15-28(36)33-27)30(38-18)26-17-34(24-9-5-22(31)6-10-24)16-25(26)20-3-7-23(32)8-4-20/h2-11,14-18,30H,12-13H2,1H3/t18?,30-/m1/s1. The Morgan fingerprint density at radius 2 is 1.76 bits per heavy atom. The zero-order chi connectivity index (χ0) is 26.4. The first-order chi connectivity index (χ1) is 18.4. The van der Waals surface area contributed by atoms with Crippen LogP contribution in [-0.2, 0) is 20.7 Å². The van der Waals surface area contributed by atoms with Crippen LogP contribution in [0.4, 0.5) is 4.39 Å². The second-order valence-corrected chi connectivity index (χ2v) is 10.3. The first-order valence-electron chi connectivity index (χ1n) is 12.3. The van der Waals surface area contributed by atoms with Gasteiger partial charge in [-0.2, -0.15) is 0 Å². The van der Waals surface area contributed by atoms with Crippen LogP contribution in [0.1, 0.15) is 24.3 Å². The molecule has 1 unspecified atom stereocenters. The number of hydrogen-bond acceptors (Lipinski definition) is 3. The first kappa shape index (κ1) is 24.5. The van der Waals surface area contributed by atoms with E-state index in [2.05, 4.69) is 20.9 Å². The van der Waals surface area contributed by atoms with Gasteiger partial charge in [-0.15, -0.1) is 0 Å². The summed E-state index contributed by atoms with van der Waals surface area (Å²) in [5.74, 6) is -0.654. The van der Waals surface area contributed by atoms with Crippen molar-refractivity contribution in [1.29, 1.82) is 0 Å². The van der Waals surface area contributed by atoms with Crippen molar-refractivity contribution in [3.8, 4) is 16.8 Å². The van der Waals surface area contributed by atoms with Crippen molar-refractivity contribution in [2.24, 2.45) is 4.99 Å². The molecule has 0 spiro atoms. The number of carbonyl (C=O) groups is 2. The third kappa shape index (κ3) is 4.61. The molecule has 6 rings (SSSR count). The molecule has 190 valence electrons. The number of benzene rings is 3. The van der Waals surface area contributed by atoms with Crippen LogP contribution >= 0.6 is 15.9 Å². The molecule has 6 nitrogen and oxygen atoms in total. The lowest BCUT2D eigenvalue weighted by molar-refractivity contribution is -0.130. The summed E-state index contributed by atoms with van der Waals surface area (Å²) in [5, 5.41) is 1.47. The van der Waals surface area contributed by atoms with E-state index in [4.69, 9.17) is 4.74 Å². The molecule has 0 aliphatic carbocycles. The fourth-order valence-corrected chi connectivity index (χ4v) is 5.22. The Labute approximate surface area is 226 Å². The molecule has 38 heavy (non-hydrogen) atoms. The molecular weight excluding hydrogens is 549 g/mol. The van der Waals surface area contributed by atoms with Crippen LogP contribution in [0.15, 0.2) is 88.6 Å². The van der Waals surface area contributed by atoms with Crippen molar-refractivity contribution >= 4 is 33.8 Å². The molecule has 4 aromatic rings. The van der Waals surface area contributed by atoms with Crippen LogP contribution < -0.4 is 10.6 Å². The average Bonchev–Trinajstić information content (AvgIpc) is 3.58. The van der Waals surface area contributed by atoms with Crippen molar-refractivity contribution in [3.63, 3.8) is 0 Å². The summed E-state index contributed by atoms with van der Waals surface area (Å²) < 4.78 is 22.9. The number of carbonyl (C=O) groups excluding carboxylic acids is 2. The maximum Gasteiger partial charge on any atom is 0.270 e. The monoisotopic (exact) mass is 571 g/mol.